The molecule has 2 heteroatoms. The first-order valence-corrected chi connectivity index (χ1v) is 5.42. The molecule has 0 amide bonds. The van der Waals surface area contributed by atoms with Crippen LogP contribution in [-0.2, 0) is 6.42 Å². The molecule has 0 spiro atoms. The second-order valence-electron chi connectivity index (χ2n) is 4.12. The van der Waals surface area contributed by atoms with Gasteiger partial charge in [0.05, 0.1) is 12.8 Å². The maximum absolute atomic E-state index is 5.40. The van der Waals surface area contributed by atoms with Gasteiger partial charge in [-0.05, 0) is 30.2 Å². The van der Waals surface area contributed by atoms with Gasteiger partial charge in [-0.2, -0.15) is 0 Å². The summed E-state index contributed by atoms with van der Waals surface area (Å²) in [5.74, 6) is 0.967. The van der Waals surface area contributed by atoms with Gasteiger partial charge in [-0.15, -0.1) is 0 Å². The van der Waals surface area contributed by atoms with Crippen LogP contribution in [0.3, 0.4) is 0 Å². The Morgan fingerprint density at radius 2 is 2.06 bits per heavy atom. The Labute approximate surface area is 94.9 Å². The highest BCUT2D eigenvalue weighted by Gasteiger charge is 2.23. The van der Waals surface area contributed by atoms with Crippen molar-refractivity contribution in [2.45, 2.75) is 13.3 Å². The van der Waals surface area contributed by atoms with Crippen molar-refractivity contribution in [2.24, 2.45) is 0 Å². The molecule has 0 saturated heterocycles. The Hall–Kier alpha value is -1.83. The number of benzene rings is 1. The quantitative estimate of drug-likeness (QED) is 0.617. The van der Waals surface area contributed by atoms with Gasteiger partial charge in [0.15, 0.2) is 0 Å². The maximum Gasteiger partial charge on any atom is 0.123 e. The van der Waals surface area contributed by atoms with Gasteiger partial charge in [0.1, 0.15) is 5.75 Å². The molecule has 0 radical (unpaired) electrons. The lowest BCUT2D eigenvalue weighted by molar-refractivity contribution is 0.411. The van der Waals surface area contributed by atoms with Crippen LogP contribution < -0.4 is 4.74 Å². The van der Waals surface area contributed by atoms with Crippen molar-refractivity contribution < 1.29 is 4.74 Å². The average Bonchev–Trinajstić information content (AvgIpc) is 2.69. The number of aryl methyl sites for hydroxylation is 1. The Morgan fingerprint density at radius 3 is 2.88 bits per heavy atom. The minimum atomic E-state index is 0.939. The van der Waals surface area contributed by atoms with Crippen LogP contribution in [-0.4, -0.2) is 12.1 Å². The summed E-state index contributed by atoms with van der Waals surface area (Å²) in [5.41, 5.74) is 6.25. The summed E-state index contributed by atoms with van der Waals surface area (Å²) in [6.45, 7) is 2.14. The van der Waals surface area contributed by atoms with Gasteiger partial charge in [0, 0.05) is 23.7 Å². The Balaban J connectivity index is 2.27. The standard InChI is InChI=1S/C14H13NO/c1-9-6-7-15-14-10-4-3-5-13(16-2)12(10)8-11(9)14/h3-7H,8H2,1-2H3. The highest BCUT2D eigenvalue weighted by atomic mass is 16.5. The van der Waals surface area contributed by atoms with Crippen molar-refractivity contribution in [3.05, 3.63) is 47.2 Å². The van der Waals surface area contributed by atoms with Crippen molar-refractivity contribution >= 4 is 0 Å². The number of aromatic nitrogens is 1. The van der Waals surface area contributed by atoms with Gasteiger partial charge in [0.25, 0.3) is 0 Å². The molecule has 3 rings (SSSR count). The Kier molecular flexibility index (Phi) is 1.96. The van der Waals surface area contributed by atoms with E-state index >= 15 is 0 Å². The van der Waals surface area contributed by atoms with Gasteiger partial charge in [-0.25, -0.2) is 0 Å². The highest BCUT2D eigenvalue weighted by Crippen LogP contribution is 2.40. The summed E-state index contributed by atoms with van der Waals surface area (Å²) in [6, 6.07) is 8.23. The van der Waals surface area contributed by atoms with Crippen molar-refractivity contribution in [3.63, 3.8) is 0 Å². The van der Waals surface area contributed by atoms with Crippen molar-refractivity contribution in [2.75, 3.05) is 7.11 Å². The van der Waals surface area contributed by atoms with E-state index in [1.807, 2.05) is 18.3 Å². The van der Waals surface area contributed by atoms with E-state index in [1.165, 1.54) is 22.3 Å². The topological polar surface area (TPSA) is 22.1 Å². The molecule has 1 aliphatic carbocycles. The van der Waals surface area contributed by atoms with E-state index in [0.717, 1.165) is 17.9 Å². The van der Waals surface area contributed by atoms with Crippen molar-refractivity contribution in [1.29, 1.82) is 0 Å². The number of fused-ring (bicyclic) bond motifs is 3. The smallest absolute Gasteiger partial charge is 0.123 e. The Morgan fingerprint density at radius 1 is 1.19 bits per heavy atom. The third kappa shape index (κ3) is 1.16. The number of hydrogen-bond acceptors (Lipinski definition) is 2. The van der Waals surface area contributed by atoms with Crippen LogP contribution in [0.25, 0.3) is 11.3 Å². The molecule has 2 nitrogen and oxygen atoms in total. The van der Waals surface area contributed by atoms with Crippen LogP contribution >= 0.6 is 0 Å². The van der Waals surface area contributed by atoms with Gasteiger partial charge < -0.3 is 4.74 Å². The normalized spacial score (nSPS) is 12.1. The van der Waals surface area contributed by atoms with Crippen LogP contribution in [0.4, 0.5) is 0 Å². The van der Waals surface area contributed by atoms with Crippen LogP contribution in [0.15, 0.2) is 30.5 Å². The summed E-state index contributed by atoms with van der Waals surface area (Å²) in [6.07, 6.45) is 2.82. The summed E-state index contributed by atoms with van der Waals surface area (Å²) in [7, 11) is 1.72. The minimum Gasteiger partial charge on any atom is -0.496 e. The number of hydrogen-bond donors (Lipinski definition) is 0. The van der Waals surface area contributed by atoms with Crippen LogP contribution in [0.5, 0.6) is 5.75 Å². The fraction of sp³-hybridized carbons (Fsp3) is 0.214. The van der Waals surface area contributed by atoms with E-state index < -0.39 is 0 Å². The molecule has 0 unspecified atom stereocenters. The third-order valence-corrected chi connectivity index (χ3v) is 3.25. The lowest BCUT2D eigenvalue weighted by atomic mass is 10.1. The lowest BCUT2D eigenvalue weighted by Crippen LogP contribution is -1.90. The zero-order valence-corrected chi connectivity index (χ0v) is 9.45. The van der Waals surface area contributed by atoms with Gasteiger partial charge in [0.2, 0.25) is 0 Å². The molecule has 1 aromatic carbocycles. The first-order valence-electron chi connectivity index (χ1n) is 5.42. The Bertz CT molecular complexity index is 561. The van der Waals surface area contributed by atoms with Crippen LogP contribution in [0.2, 0.25) is 0 Å². The second-order valence-corrected chi connectivity index (χ2v) is 4.12. The molecule has 1 heterocycles. The molecule has 0 atom stereocenters. The van der Waals surface area contributed by atoms with E-state index in [9.17, 15) is 0 Å². The maximum atomic E-state index is 5.40. The molecule has 1 aromatic heterocycles. The van der Waals surface area contributed by atoms with Gasteiger partial charge in [-0.3, -0.25) is 4.98 Å². The molecule has 0 fully saturated rings. The number of ether oxygens (including phenoxy) is 1. The van der Waals surface area contributed by atoms with E-state index in [1.54, 1.807) is 7.11 Å². The predicted molar refractivity (Wildman–Crippen MR) is 63.8 cm³/mol. The molecular weight excluding hydrogens is 198 g/mol. The molecule has 16 heavy (non-hydrogen) atoms. The molecule has 0 aliphatic heterocycles. The lowest BCUT2D eigenvalue weighted by Gasteiger charge is -2.05. The molecule has 0 N–H and O–H groups in total. The van der Waals surface area contributed by atoms with Crippen molar-refractivity contribution in [3.8, 4) is 17.0 Å². The minimum absolute atomic E-state index is 0.939. The molecule has 2 aromatic rings. The number of rotatable bonds is 1. The van der Waals surface area contributed by atoms with E-state index in [4.69, 9.17) is 4.74 Å². The highest BCUT2D eigenvalue weighted by molar-refractivity contribution is 5.77. The number of nitrogens with zero attached hydrogens (tertiary/aromatic N) is 1. The van der Waals surface area contributed by atoms with Crippen LogP contribution in [0.1, 0.15) is 16.7 Å². The van der Waals surface area contributed by atoms with Gasteiger partial charge in [-0.1, -0.05) is 12.1 Å². The fourth-order valence-corrected chi connectivity index (χ4v) is 2.38. The summed E-state index contributed by atoms with van der Waals surface area (Å²) < 4.78 is 5.40. The molecule has 1 aliphatic rings. The van der Waals surface area contributed by atoms with Crippen LogP contribution in [0, 0.1) is 6.92 Å². The second kappa shape index (κ2) is 3.34. The SMILES string of the molecule is COc1cccc2c1Cc1c(C)ccnc1-2. The summed E-state index contributed by atoms with van der Waals surface area (Å²) in [5, 5.41) is 0. The molecular formula is C14H13NO. The zero-order valence-electron chi connectivity index (χ0n) is 9.45. The summed E-state index contributed by atoms with van der Waals surface area (Å²) in [4.78, 5) is 4.48. The van der Waals surface area contributed by atoms with E-state index in [0.29, 0.717) is 0 Å². The molecule has 80 valence electrons. The van der Waals surface area contributed by atoms with Crippen molar-refractivity contribution in [1.82, 2.24) is 4.98 Å². The zero-order chi connectivity index (χ0) is 11.1. The third-order valence-electron chi connectivity index (χ3n) is 3.25. The molecule has 0 bridgehead atoms. The van der Waals surface area contributed by atoms with Gasteiger partial charge >= 0.3 is 0 Å². The first kappa shape index (κ1) is 9.40. The largest absolute Gasteiger partial charge is 0.496 e. The summed E-state index contributed by atoms with van der Waals surface area (Å²) >= 11 is 0. The molecule has 0 saturated carbocycles. The van der Waals surface area contributed by atoms with E-state index in [-0.39, 0.29) is 0 Å². The first-order chi connectivity index (χ1) is 7.81. The van der Waals surface area contributed by atoms with E-state index in [2.05, 4.69) is 24.0 Å². The average molecular weight is 211 g/mol. The monoisotopic (exact) mass is 211 g/mol. The number of methoxy groups -OCH3 is 1. The predicted octanol–water partition coefficient (Wildman–Crippen LogP) is 2.97. The number of pyridine rings is 1. The fourth-order valence-electron chi connectivity index (χ4n) is 2.38.